The van der Waals surface area contributed by atoms with E-state index in [1.54, 1.807) is 17.2 Å². The Morgan fingerprint density at radius 1 is 1.56 bits per heavy atom. The average molecular weight is 310 g/mol. The van der Waals surface area contributed by atoms with Gasteiger partial charge in [-0.25, -0.2) is 0 Å². The first-order valence-corrected chi connectivity index (χ1v) is 6.44. The Morgan fingerprint density at radius 2 is 2.33 bits per heavy atom. The maximum atomic E-state index is 12.0. The molecule has 0 unspecified atom stereocenters. The quantitative estimate of drug-likeness (QED) is 0.911. The number of nitrogens with one attached hydrogen (secondary N) is 1. The normalized spacial score (nSPS) is 15.8. The number of carbonyl (C=O) groups excluding carboxylic acids is 1. The van der Waals surface area contributed by atoms with Crippen LogP contribution in [-0.4, -0.2) is 43.9 Å². The molecule has 2 aromatic heterocycles. The summed E-state index contributed by atoms with van der Waals surface area (Å²) < 4.78 is 2.83. The van der Waals surface area contributed by atoms with Crippen molar-refractivity contribution < 1.29 is 4.79 Å². The third-order valence-corrected chi connectivity index (χ3v) is 3.43. The Balaban J connectivity index is 1.64. The monoisotopic (exact) mass is 309 g/mol. The highest BCUT2D eigenvalue weighted by Crippen LogP contribution is 2.23. The molecule has 0 saturated carbocycles. The van der Waals surface area contributed by atoms with Crippen molar-refractivity contribution >= 4 is 21.8 Å². The van der Waals surface area contributed by atoms with Crippen LogP contribution in [0.2, 0.25) is 0 Å². The number of nitrogens with zero attached hydrogens (tertiary/aromatic N) is 4. The number of halogens is 1. The number of aromatic amines is 1. The molecule has 3 heterocycles. The molecule has 1 aliphatic heterocycles. The lowest BCUT2D eigenvalue weighted by Gasteiger charge is -2.38. The highest BCUT2D eigenvalue weighted by molar-refractivity contribution is 9.10. The molecule has 0 bridgehead atoms. The predicted molar refractivity (Wildman–Crippen MR) is 68.2 cm³/mol. The van der Waals surface area contributed by atoms with Crippen LogP contribution in [0, 0.1) is 6.92 Å². The summed E-state index contributed by atoms with van der Waals surface area (Å²) in [5.74, 6) is -0.0261. The molecular formula is C11H12BrN5O. The predicted octanol–water partition coefficient (Wildman–Crippen LogP) is 1.37. The Morgan fingerprint density at radius 3 is 2.89 bits per heavy atom. The van der Waals surface area contributed by atoms with Crippen LogP contribution in [0.5, 0.6) is 0 Å². The fourth-order valence-corrected chi connectivity index (χ4v) is 2.29. The van der Waals surface area contributed by atoms with Gasteiger partial charge in [-0.2, -0.15) is 10.2 Å². The van der Waals surface area contributed by atoms with Crippen LogP contribution in [0.15, 0.2) is 22.9 Å². The molecule has 1 N–H and O–H groups in total. The molecular weight excluding hydrogens is 298 g/mol. The summed E-state index contributed by atoms with van der Waals surface area (Å²) in [6.07, 6.45) is 3.67. The van der Waals surface area contributed by atoms with Crippen LogP contribution in [0.25, 0.3) is 0 Å². The number of aromatic nitrogens is 4. The van der Waals surface area contributed by atoms with Crippen LogP contribution < -0.4 is 0 Å². The van der Waals surface area contributed by atoms with Gasteiger partial charge in [-0.15, -0.1) is 0 Å². The van der Waals surface area contributed by atoms with Crippen molar-refractivity contribution in [1.82, 2.24) is 24.9 Å². The van der Waals surface area contributed by atoms with Crippen LogP contribution in [0.1, 0.15) is 22.2 Å². The molecule has 0 aromatic carbocycles. The summed E-state index contributed by atoms with van der Waals surface area (Å²) in [5.41, 5.74) is 1.37. The maximum Gasteiger partial charge on any atom is 0.274 e. The summed E-state index contributed by atoms with van der Waals surface area (Å²) in [7, 11) is 0. The smallest absolute Gasteiger partial charge is 0.274 e. The van der Waals surface area contributed by atoms with Crippen molar-refractivity contribution in [2.45, 2.75) is 13.0 Å². The van der Waals surface area contributed by atoms with Gasteiger partial charge >= 0.3 is 0 Å². The number of amides is 1. The van der Waals surface area contributed by atoms with Crippen molar-refractivity contribution in [3.8, 4) is 0 Å². The first-order chi connectivity index (χ1) is 8.63. The molecule has 0 radical (unpaired) electrons. The zero-order chi connectivity index (χ0) is 12.7. The van der Waals surface area contributed by atoms with Crippen LogP contribution in [-0.2, 0) is 0 Å². The zero-order valence-corrected chi connectivity index (χ0v) is 11.4. The summed E-state index contributed by atoms with van der Waals surface area (Å²) in [4.78, 5) is 13.8. The molecule has 0 spiro atoms. The minimum absolute atomic E-state index is 0.0261. The Bertz CT molecular complexity index is 584. The van der Waals surface area contributed by atoms with Gasteiger partial charge < -0.3 is 4.90 Å². The first kappa shape index (κ1) is 11.5. The second kappa shape index (κ2) is 4.24. The molecule has 1 aliphatic rings. The van der Waals surface area contributed by atoms with Crippen LogP contribution in [0.4, 0.5) is 0 Å². The van der Waals surface area contributed by atoms with Crippen LogP contribution >= 0.6 is 15.9 Å². The number of H-pyrrole nitrogens is 1. The second-order valence-corrected chi connectivity index (χ2v) is 5.35. The van der Waals surface area contributed by atoms with Gasteiger partial charge in [0.1, 0.15) is 5.69 Å². The lowest BCUT2D eigenvalue weighted by Crippen LogP contribution is -2.51. The van der Waals surface area contributed by atoms with Gasteiger partial charge in [0.05, 0.1) is 16.7 Å². The average Bonchev–Trinajstić information content (AvgIpc) is 2.85. The van der Waals surface area contributed by atoms with Crippen molar-refractivity contribution in [2.75, 3.05) is 13.1 Å². The van der Waals surface area contributed by atoms with Gasteiger partial charge in [0.25, 0.3) is 5.91 Å². The van der Waals surface area contributed by atoms with Crippen molar-refractivity contribution in [3.63, 3.8) is 0 Å². The van der Waals surface area contributed by atoms with Gasteiger partial charge in [-0.05, 0) is 28.9 Å². The second-order valence-electron chi connectivity index (χ2n) is 4.44. The van der Waals surface area contributed by atoms with Gasteiger partial charge in [-0.3, -0.25) is 14.6 Å². The lowest BCUT2D eigenvalue weighted by atomic mass is 10.1. The molecule has 94 valence electrons. The lowest BCUT2D eigenvalue weighted by molar-refractivity contribution is 0.0495. The van der Waals surface area contributed by atoms with Crippen molar-refractivity contribution in [2.24, 2.45) is 0 Å². The van der Waals surface area contributed by atoms with E-state index in [2.05, 4.69) is 31.2 Å². The van der Waals surface area contributed by atoms with Gasteiger partial charge in [-0.1, -0.05) is 0 Å². The van der Waals surface area contributed by atoms with E-state index in [1.807, 2.05) is 17.8 Å². The van der Waals surface area contributed by atoms with Gasteiger partial charge in [0.15, 0.2) is 0 Å². The molecule has 6 nitrogen and oxygen atoms in total. The number of hydrogen-bond acceptors (Lipinski definition) is 3. The minimum atomic E-state index is -0.0261. The highest BCUT2D eigenvalue weighted by atomic mass is 79.9. The summed E-state index contributed by atoms with van der Waals surface area (Å²) in [5, 5.41) is 11.0. The SMILES string of the molecule is Cc1cc(C(=O)N2CC(n3cc(Br)cn3)C2)n[nH]1. The third-order valence-electron chi connectivity index (χ3n) is 3.02. The number of hydrogen-bond donors (Lipinski definition) is 1. The highest BCUT2D eigenvalue weighted by Gasteiger charge is 2.33. The molecule has 18 heavy (non-hydrogen) atoms. The van der Waals surface area contributed by atoms with E-state index in [4.69, 9.17) is 0 Å². The zero-order valence-electron chi connectivity index (χ0n) is 9.80. The minimum Gasteiger partial charge on any atom is -0.333 e. The molecule has 1 fully saturated rings. The molecule has 1 amide bonds. The molecule has 0 aliphatic carbocycles. The molecule has 2 aromatic rings. The molecule has 3 rings (SSSR count). The van der Waals surface area contributed by atoms with E-state index in [1.165, 1.54) is 0 Å². The van der Waals surface area contributed by atoms with Crippen molar-refractivity contribution in [3.05, 3.63) is 34.3 Å². The van der Waals surface area contributed by atoms with E-state index in [9.17, 15) is 4.79 Å². The van der Waals surface area contributed by atoms with E-state index in [0.29, 0.717) is 18.8 Å². The topological polar surface area (TPSA) is 66.8 Å². The van der Waals surface area contributed by atoms with Crippen LogP contribution in [0.3, 0.4) is 0 Å². The Hall–Kier alpha value is -1.63. The largest absolute Gasteiger partial charge is 0.333 e. The molecule has 1 saturated heterocycles. The van der Waals surface area contributed by atoms with Gasteiger partial charge in [0, 0.05) is 25.0 Å². The molecule has 7 heteroatoms. The van der Waals surface area contributed by atoms with E-state index in [0.717, 1.165) is 10.2 Å². The number of likely N-dealkylation sites (tertiary alicyclic amines) is 1. The summed E-state index contributed by atoms with van der Waals surface area (Å²) in [6.45, 7) is 3.24. The summed E-state index contributed by atoms with van der Waals surface area (Å²) in [6, 6.07) is 2.03. The summed E-state index contributed by atoms with van der Waals surface area (Å²) >= 11 is 3.36. The number of rotatable bonds is 2. The number of aryl methyl sites for hydroxylation is 1. The standard InChI is InChI=1S/C11H12BrN5O/c1-7-2-10(15-14-7)11(18)16-5-9(6-16)17-4-8(12)3-13-17/h2-4,9H,5-6H2,1H3,(H,14,15). The molecule has 0 atom stereocenters. The van der Waals surface area contributed by atoms with E-state index < -0.39 is 0 Å². The Kier molecular flexibility index (Phi) is 2.70. The first-order valence-electron chi connectivity index (χ1n) is 5.64. The third kappa shape index (κ3) is 1.94. The van der Waals surface area contributed by atoms with Gasteiger partial charge in [0.2, 0.25) is 0 Å². The fraction of sp³-hybridized carbons (Fsp3) is 0.364. The van der Waals surface area contributed by atoms with E-state index in [-0.39, 0.29) is 11.9 Å². The Labute approximate surface area is 112 Å². The fourth-order valence-electron chi connectivity index (χ4n) is 1.99. The number of carbonyl (C=O) groups is 1. The maximum absolute atomic E-state index is 12.0. The van der Waals surface area contributed by atoms with E-state index >= 15 is 0 Å². The van der Waals surface area contributed by atoms with Crippen molar-refractivity contribution in [1.29, 1.82) is 0 Å².